The highest BCUT2D eigenvalue weighted by Crippen LogP contribution is 2.35. The molecule has 3 aromatic rings. The van der Waals surface area contributed by atoms with E-state index >= 15 is 0 Å². The van der Waals surface area contributed by atoms with Crippen molar-refractivity contribution in [2.75, 3.05) is 24.5 Å². The monoisotopic (exact) mass is 488 g/mol. The van der Waals surface area contributed by atoms with Crippen LogP contribution in [-0.2, 0) is 11.3 Å². The van der Waals surface area contributed by atoms with Gasteiger partial charge in [0.2, 0.25) is 0 Å². The van der Waals surface area contributed by atoms with Crippen LogP contribution in [-0.4, -0.2) is 51.8 Å². The van der Waals surface area contributed by atoms with Gasteiger partial charge in [0.1, 0.15) is 23.8 Å². The zero-order valence-electron chi connectivity index (χ0n) is 21.0. The van der Waals surface area contributed by atoms with Gasteiger partial charge in [-0.05, 0) is 51.0 Å². The van der Waals surface area contributed by atoms with Gasteiger partial charge < -0.3 is 19.3 Å². The number of carbonyl (C=O) groups excluding carboxylic acids is 1. The van der Waals surface area contributed by atoms with Crippen molar-refractivity contribution in [3.8, 4) is 11.4 Å². The molecule has 2 aromatic heterocycles. The van der Waals surface area contributed by atoms with E-state index in [0.717, 1.165) is 24.3 Å². The molecule has 0 N–H and O–H groups in total. The molecule has 2 unspecified atom stereocenters. The second-order valence-corrected chi connectivity index (χ2v) is 10.4. The number of ether oxygens (including phenoxy) is 2. The van der Waals surface area contributed by atoms with Crippen LogP contribution < -0.4 is 15.2 Å². The first kappa shape index (κ1) is 23.9. The van der Waals surface area contributed by atoms with Crippen LogP contribution in [0.15, 0.2) is 71.8 Å². The van der Waals surface area contributed by atoms with Crippen LogP contribution in [0.4, 0.5) is 10.6 Å². The summed E-state index contributed by atoms with van der Waals surface area (Å²) in [5.74, 6) is 1.79. The molecule has 2 atom stereocenters. The van der Waals surface area contributed by atoms with Gasteiger partial charge in [-0.1, -0.05) is 30.3 Å². The molecule has 4 heterocycles. The summed E-state index contributed by atoms with van der Waals surface area (Å²) < 4.78 is 12.9. The van der Waals surface area contributed by atoms with Crippen LogP contribution in [0.3, 0.4) is 0 Å². The lowest BCUT2D eigenvalue weighted by atomic mass is 10.1. The molecule has 2 aliphatic rings. The number of rotatable bonds is 5. The van der Waals surface area contributed by atoms with Crippen LogP contribution in [0.2, 0.25) is 0 Å². The third-order valence-corrected chi connectivity index (χ3v) is 6.64. The van der Waals surface area contributed by atoms with Crippen LogP contribution in [0.25, 0.3) is 5.69 Å². The number of hydrogen-bond donors (Lipinski definition) is 0. The van der Waals surface area contributed by atoms with Gasteiger partial charge in [0, 0.05) is 37.8 Å². The fraction of sp³-hybridized carbons (Fsp3) is 0.393. The Morgan fingerprint density at radius 3 is 2.58 bits per heavy atom. The number of pyridine rings is 2. The SMILES string of the molecule is CC(C)(C)OC(=O)N1CC2CCN(c3ccc(-n4ccc(OCc5ccccc5)cc4=O)cn3)C2C1. The molecule has 1 amide bonds. The summed E-state index contributed by atoms with van der Waals surface area (Å²) in [4.78, 5) is 34.0. The van der Waals surface area contributed by atoms with Gasteiger partial charge in [-0.25, -0.2) is 9.78 Å². The number of benzene rings is 1. The predicted octanol–water partition coefficient (Wildman–Crippen LogP) is 4.26. The maximum absolute atomic E-state index is 12.7. The van der Waals surface area contributed by atoms with E-state index in [1.165, 1.54) is 6.07 Å². The zero-order valence-corrected chi connectivity index (χ0v) is 21.0. The Hall–Kier alpha value is -3.81. The van der Waals surface area contributed by atoms with Gasteiger partial charge in [0.15, 0.2) is 0 Å². The number of anilines is 1. The summed E-state index contributed by atoms with van der Waals surface area (Å²) in [6.07, 6.45) is 4.18. The first-order chi connectivity index (χ1) is 17.3. The van der Waals surface area contributed by atoms with Crippen LogP contribution >= 0.6 is 0 Å². The Labute approximate surface area is 211 Å². The third-order valence-electron chi connectivity index (χ3n) is 6.64. The topological polar surface area (TPSA) is 76.9 Å². The highest BCUT2D eigenvalue weighted by atomic mass is 16.6. The summed E-state index contributed by atoms with van der Waals surface area (Å²) in [5, 5.41) is 0. The van der Waals surface area contributed by atoms with E-state index in [1.807, 2.05) is 68.1 Å². The Kier molecular flexibility index (Phi) is 6.43. The number of likely N-dealkylation sites (tertiary alicyclic amines) is 1. The van der Waals surface area contributed by atoms with E-state index in [0.29, 0.717) is 37.1 Å². The van der Waals surface area contributed by atoms with Crippen molar-refractivity contribution in [2.24, 2.45) is 5.92 Å². The van der Waals surface area contributed by atoms with E-state index in [1.54, 1.807) is 23.0 Å². The maximum atomic E-state index is 12.7. The number of amides is 1. The molecule has 0 spiro atoms. The minimum absolute atomic E-state index is 0.180. The van der Waals surface area contributed by atoms with E-state index in [9.17, 15) is 9.59 Å². The zero-order chi connectivity index (χ0) is 25.3. The summed E-state index contributed by atoms with van der Waals surface area (Å²) >= 11 is 0. The van der Waals surface area contributed by atoms with Gasteiger partial charge in [-0.15, -0.1) is 0 Å². The van der Waals surface area contributed by atoms with Gasteiger partial charge in [-0.3, -0.25) is 9.36 Å². The van der Waals surface area contributed by atoms with E-state index < -0.39 is 5.60 Å². The quantitative estimate of drug-likeness (QED) is 0.534. The summed E-state index contributed by atoms with van der Waals surface area (Å²) in [6, 6.07) is 17.2. The first-order valence-corrected chi connectivity index (χ1v) is 12.4. The minimum atomic E-state index is -0.504. The molecule has 8 nitrogen and oxygen atoms in total. The van der Waals surface area contributed by atoms with Crippen molar-refractivity contribution in [1.29, 1.82) is 0 Å². The fourth-order valence-electron chi connectivity index (χ4n) is 4.92. The fourth-order valence-corrected chi connectivity index (χ4v) is 4.92. The lowest BCUT2D eigenvalue weighted by molar-refractivity contribution is 0.0284. The van der Waals surface area contributed by atoms with E-state index in [4.69, 9.17) is 9.47 Å². The third kappa shape index (κ3) is 5.22. The smallest absolute Gasteiger partial charge is 0.410 e. The molecule has 8 heteroatoms. The minimum Gasteiger partial charge on any atom is -0.489 e. The molecule has 0 saturated carbocycles. The van der Waals surface area contributed by atoms with Crippen molar-refractivity contribution in [3.05, 3.63) is 82.9 Å². The lowest BCUT2D eigenvalue weighted by Gasteiger charge is -2.27. The van der Waals surface area contributed by atoms with Crippen molar-refractivity contribution < 1.29 is 14.3 Å². The van der Waals surface area contributed by atoms with Gasteiger partial charge in [0.25, 0.3) is 5.56 Å². The number of fused-ring (bicyclic) bond motifs is 1. The van der Waals surface area contributed by atoms with Crippen LogP contribution in [0.5, 0.6) is 5.75 Å². The second kappa shape index (κ2) is 9.68. The lowest BCUT2D eigenvalue weighted by Crippen LogP contribution is -2.39. The normalized spacial score (nSPS) is 19.3. The Balaban J connectivity index is 1.24. The second-order valence-electron chi connectivity index (χ2n) is 10.4. The summed E-state index contributed by atoms with van der Waals surface area (Å²) in [7, 11) is 0. The Morgan fingerprint density at radius 1 is 1.08 bits per heavy atom. The molecular formula is C28H32N4O4. The average Bonchev–Trinajstić information content (AvgIpc) is 3.44. The Bertz CT molecular complexity index is 1270. The van der Waals surface area contributed by atoms with Gasteiger partial charge in [0.05, 0.1) is 17.9 Å². The maximum Gasteiger partial charge on any atom is 0.410 e. The molecule has 2 saturated heterocycles. The number of carbonyl (C=O) groups is 1. The largest absolute Gasteiger partial charge is 0.489 e. The molecule has 188 valence electrons. The molecular weight excluding hydrogens is 456 g/mol. The Morgan fingerprint density at radius 2 is 1.89 bits per heavy atom. The molecule has 2 aliphatic heterocycles. The molecule has 1 aromatic carbocycles. The molecule has 0 aliphatic carbocycles. The van der Waals surface area contributed by atoms with Crippen LogP contribution in [0, 0.1) is 5.92 Å². The van der Waals surface area contributed by atoms with Gasteiger partial charge in [-0.2, -0.15) is 0 Å². The van der Waals surface area contributed by atoms with E-state index in [2.05, 4.69) is 9.88 Å². The standard InChI is InChI=1S/C28H32N4O4/c1-28(2,3)36-27(34)30-17-21-11-13-32(24(21)18-30)25-10-9-22(16-29-25)31-14-12-23(15-26(31)33)35-19-20-7-5-4-6-8-20/h4-10,12,14-16,21,24H,11,13,17-19H2,1-3H3. The van der Waals surface area contributed by atoms with E-state index in [-0.39, 0.29) is 17.7 Å². The van der Waals surface area contributed by atoms with Crippen molar-refractivity contribution in [1.82, 2.24) is 14.5 Å². The molecule has 0 bridgehead atoms. The van der Waals surface area contributed by atoms with Crippen molar-refractivity contribution in [3.63, 3.8) is 0 Å². The summed E-state index contributed by atoms with van der Waals surface area (Å²) in [5.41, 5.74) is 1.05. The predicted molar refractivity (Wildman–Crippen MR) is 138 cm³/mol. The highest BCUT2D eigenvalue weighted by molar-refractivity contribution is 5.69. The van der Waals surface area contributed by atoms with Crippen LogP contribution in [0.1, 0.15) is 32.8 Å². The first-order valence-electron chi connectivity index (χ1n) is 12.4. The number of nitrogens with zero attached hydrogens (tertiary/aromatic N) is 4. The van der Waals surface area contributed by atoms with Crippen molar-refractivity contribution in [2.45, 2.75) is 45.4 Å². The molecule has 36 heavy (non-hydrogen) atoms. The summed E-state index contributed by atoms with van der Waals surface area (Å²) in [6.45, 7) is 8.30. The van der Waals surface area contributed by atoms with Crippen molar-refractivity contribution >= 4 is 11.9 Å². The highest BCUT2D eigenvalue weighted by Gasteiger charge is 2.44. The molecule has 5 rings (SSSR count). The number of aromatic nitrogens is 2. The molecule has 2 fully saturated rings. The van der Waals surface area contributed by atoms with Gasteiger partial charge >= 0.3 is 6.09 Å². The number of hydrogen-bond acceptors (Lipinski definition) is 6. The average molecular weight is 489 g/mol. The molecule has 0 radical (unpaired) electrons.